The van der Waals surface area contributed by atoms with Crippen LogP contribution in [0.1, 0.15) is 23.1 Å². The molecule has 1 saturated carbocycles. The molecule has 0 heterocycles. The number of primary amides is 1. The van der Waals surface area contributed by atoms with Crippen LogP contribution in [0.25, 0.3) is 5.76 Å². The summed E-state index contributed by atoms with van der Waals surface area (Å²) in [7, 11) is 6.18. The summed E-state index contributed by atoms with van der Waals surface area (Å²) in [5, 5.41) is 49.8. The number of phenolic OH excluding ortho intramolecular Hbond substituents is 1. The monoisotopic (exact) mass is 693 g/mol. The SMILES string of the molecule is CN(C)c1cc(NC(=O)Nc2ccc(Cl)cc2C(F)(F)F)c(O)c2c1C[C@H]1C[C@H]3[C@H](N(C)C)C(=O)C(C(N)=O)=C(O)[C@@]3(O)C(=O)C1=C2O. The number of urea groups is 1. The summed E-state index contributed by atoms with van der Waals surface area (Å²) in [6.07, 6.45) is -5.03. The van der Waals surface area contributed by atoms with Gasteiger partial charge in [-0.1, -0.05) is 11.6 Å². The second-order valence-corrected chi connectivity index (χ2v) is 12.7. The van der Waals surface area contributed by atoms with Crippen molar-refractivity contribution in [3.05, 3.63) is 62.9 Å². The zero-order valence-electron chi connectivity index (χ0n) is 25.9. The molecule has 5 rings (SSSR count). The topological polar surface area (TPSA) is 206 Å². The van der Waals surface area contributed by atoms with Crippen molar-refractivity contribution in [2.75, 3.05) is 43.7 Å². The number of anilines is 3. The summed E-state index contributed by atoms with van der Waals surface area (Å²) in [5.74, 6) is -8.43. The highest BCUT2D eigenvalue weighted by Gasteiger charge is 2.64. The third kappa shape index (κ3) is 5.29. The van der Waals surface area contributed by atoms with Crippen molar-refractivity contribution in [2.24, 2.45) is 17.6 Å². The number of hydrogen-bond donors (Lipinski definition) is 7. The van der Waals surface area contributed by atoms with E-state index >= 15 is 0 Å². The second kappa shape index (κ2) is 11.7. The Morgan fingerprint density at radius 3 is 2.23 bits per heavy atom. The van der Waals surface area contributed by atoms with Crippen molar-refractivity contribution < 1.29 is 52.8 Å². The minimum absolute atomic E-state index is 0.0260. The van der Waals surface area contributed by atoms with Gasteiger partial charge in [0.15, 0.2) is 17.1 Å². The number of rotatable bonds is 5. The molecule has 0 unspecified atom stereocenters. The Kier molecular flexibility index (Phi) is 8.43. The van der Waals surface area contributed by atoms with Gasteiger partial charge in [0.25, 0.3) is 5.91 Å². The molecule has 13 nitrogen and oxygen atoms in total. The standard InChI is InChI=1S/C31H31ClF3N5O8/c1-39(2)18-10-17(38-29(47)37-16-6-5-12(32)9-14(16)31(33,34)35)23(41)20-13(18)7-11-8-15-22(40(3)4)25(43)21(28(36)46)27(45)30(15,48)26(44)19(11)24(20)42/h5-6,9-11,15,22,41-42,45,48H,7-8H2,1-4H3,(H2,36,46)(H2,37,38,47)/t11-,15-,22-,30-/m0/s1. The predicted octanol–water partition coefficient (Wildman–Crippen LogP) is 3.35. The Labute approximate surface area is 276 Å². The zero-order chi connectivity index (χ0) is 35.8. The van der Waals surface area contributed by atoms with Gasteiger partial charge in [0.1, 0.15) is 17.1 Å². The van der Waals surface area contributed by atoms with Gasteiger partial charge in [-0.15, -0.1) is 0 Å². The molecule has 0 spiro atoms. The number of ketones is 2. The molecule has 8 N–H and O–H groups in total. The lowest BCUT2D eigenvalue weighted by Crippen LogP contribution is -2.65. The molecule has 0 aromatic heterocycles. The van der Waals surface area contributed by atoms with E-state index in [2.05, 4.69) is 10.6 Å². The molecule has 2 aromatic rings. The quantitative estimate of drug-likeness (QED) is 0.180. The van der Waals surface area contributed by atoms with Crippen molar-refractivity contribution >= 4 is 57.9 Å². The summed E-state index contributed by atoms with van der Waals surface area (Å²) in [6, 6.07) is 1.56. The van der Waals surface area contributed by atoms with Gasteiger partial charge in [0, 0.05) is 36.3 Å². The van der Waals surface area contributed by atoms with Gasteiger partial charge in [0.2, 0.25) is 5.78 Å². The highest BCUT2D eigenvalue weighted by Crippen LogP contribution is 2.54. The van der Waals surface area contributed by atoms with Crippen LogP contribution >= 0.6 is 11.6 Å². The van der Waals surface area contributed by atoms with Gasteiger partial charge < -0.3 is 41.7 Å². The van der Waals surface area contributed by atoms with E-state index in [4.69, 9.17) is 17.3 Å². The number of phenols is 1. The number of aromatic hydroxyl groups is 1. The zero-order valence-corrected chi connectivity index (χ0v) is 26.6. The third-order valence-electron chi connectivity index (χ3n) is 8.96. The largest absolute Gasteiger partial charge is 0.508 e. The van der Waals surface area contributed by atoms with Gasteiger partial charge in [-0.2, -0.15) is 13.2 Å². The molecular formula is C31H31ClF3N5O8. The van der Waals surface area contributed by atoms with Crippen molar-refractivity contribution in [3.63, 3.8) is 0 Å². The Bertz CT molecular complexity index is 1860. The number of carbonyl (C=O) groups is 4. The van der Waals surface area contributed by atoms with Crippen LogP contribution in [0.4, 0.5) is 35.0 Å². The smallest absolute Gasteiger partial charge is 0.418 e. The summed E-state index contributed by atoms with van der Waals surface area (Å²) < 4.78 is 40.8. The molecular weight excluding hydrogens is 663 g/mol. The number of carbonyl (C=O) groups excluding carboxylic acids is 4. The number of alkyl halides is 3. The maximum Gasteiger partial charge on any atom is 0.418 e. The van der Waals surface area contributed by atoms with E-state index in [1.807, 2.05) is 0 Å². The number of likely N-dealkylation sites (N-methyl/N-ethyl adjacent to an activating group) is 1. The Balaban J connectivity index is 1.62. The van der Waals surface area contributed by atoms with Crippen molar-refractivity contribution in [1.29, 1.82) is 0 Å². The number of aliphatic hydroxyl groups is 3. The molecule has 1 fully saturated rings. The van der Waals surface area contributed by atoms with Gasteiger partial charge in [-0.3, -0.25) is 19.3 Å². The van der Waals surface area contributed by atoms with Crippen molar-refractivity contribution in [1.82, 2.24) is 4.90 Å². The molecule has 0 saturated heterocycles. The molecule has 0 bridgehead atoms. The third-order valence-corrected chi connectivity index (χ3v) is 9.20. The van der Waals surface area contributed by atoms with E-state index in [1.165, 1.54) is 25.1 Å². The molecule has 48 heavy (non-hydrogen) atoms. The number of nitrogens with two attached hydrogens (primary N) is 1. The van der Waals surface area contributed by atoms with Crippen LogP contribution < -0.4 is 21.3 Å². The Morgan fingerprint density at radius 1 is 1.04 bits per heavy atom. The summed E-state index contributed by atoms with van der Waals surface area (Å²) in [6.45, 7) is 0. The normalized spacial score (nSPS) is 23.8. The van der Waals surface area contributed by atoms with E-state index in [0.29, 0.717) is 17.3 Å². The number of aliphatic hydroxyl groups excluding tert-OH is 2. The van der Waals surface area contributed by atoms with Gasteiger partial charge in [0.05, 0.1) is 28.5 Å². The fourth-order valence-electron chi connectivity index (χ4n) is 6.92. The molecule has 17 heteroatoms. The molecule has 3 amide bonds. The van der Waals surface area contributed by atoms with E-state index in [-0.39, 0.29) is 29.1 Å². The Morgan fingerprint density at radius 2 is 1.67 bits per heavy atom. The molecule has 0 radical (unpaired) electrons. The summed E-state index contributed by atoms with van der Waals surface area (Å²) in [4.78, 5) is 55.5. The molecule has 4 atom stereocenters. The lowest BCUT2D eigenvalue weighted by atomic mass is 9.57. The Hall–Kier alpha value is -4.80. The summed E-state index contributed by atoms with van der Waals surface area (Å²) in [5.41, 5.74) is -0.786. The summed E-state index contributed by atoms with van der Waals surface area (Å²) >= 11 is 5.71. The minimum atomic E-state index is -4.87. The van der Waals surface area contributed by atoms with E-state index < -0.39 is 92.8 Å². The number of benzene rings is 2. The number of hydrogen-bond acceptors (Lipinski definition) is 10. The minimum Gasteiger partial charge on any atom is -0.508 e. The molecule has 3 aliphatic rings. The first-order valence-corrected chi connectivity index (χ1v) is 14.7. The van der Waals surface area contributed by atoms with Gasteiger partial charge in [-0.25, -0.2) is 4.79 Å². The first kappa shape index (κ1) is 34.5. The van der Waals surface area contributed by atoms with Crippen LogP contribution in [-0.4, -0.2) is 88.7 Å². The number of nitrogens with one attached hydrogen (secondary N) is 2. The highest BCUT2D eigenvalue weighted by molar-refractivity contribution is 6.30. The average molecular weight is 694 g/mol. The average Bonchev–Trinajstić information content (AvgIpc) is 2.96. The first-order valence-electron chi connectivity index (χ1n) is 14.4. The fourth-order valence-corrected chi connectivity index (χ4v) is 7.09. The van der Waals surface area contributed by atoms with Crippen LogP contribution in [0.2, 0.25) is 5.02 Å². The van der Waals surface area contributed by atoms with Crippen LogP contribution in [0, 0.1) is 11.8 Å². The van der Waals surface area contributed by atoms with Crippen LogP contribution in [-0.2, 0) is 27.0 Å². The molecule has 3 aliphatic carbocycles. The molecule has 2 aromatic carbocycles. The van der Waals surface area contributed by atoms with E-state index in [9.17, 15) is 52.8 Å². The number of amides is 3. The lowest BCUT2D eigenvalue weighted by molar-refractivity contribution is -0.153. The van der Waals surface area contributed by atoms with Crippen LogP contribution in [0.15, 0.2) is 41.2 Å². The highest BCUT2D eigenvalue weighted by atomic mass is 35.5. The maximum atomic E-state index is 14.1. The van der Waals surface area contributed by atoms with E-state index in [1.54, 1.807) is 19.0 Å². The molecule has 0 aliphatic heterocycles. The van der Waals surface area contributed by atoms with Gasteiger partial charge in [-0.05, 0) is 62.7 Å². The lowest BCUT2D eigenvalue weighted by Gasteiger charge is -2.50. The predicted molar refractivity (Wildman–Crippen MR) is 168 cm³/mol. The van der Waals surface area contributed by atoms with Crippen molar-refractivity contribution in [3.8, 4) is 5.75 Å². The number of fused-ring (bicyclic) bond motifs is 3. The van der Waals surface area contributed by atoms with Crippen molar-refractivity contribution in [2.45, 2.75) is 30.7 Å². The molecule has 256 valence electrons. The number of nitrogens with zero attached hydrogens (tertiary/aromatic N) is 2. The number of halogens is 4. The van der Waals surface area contributed by atoms with E-state index in [0.717, 1.165) is 12.1 Å². The fraction of sp³-hybridized carbons (Fsp3) is 0.355. The van der Waals surface area contributed by atoms with Crippen LogP contribution in [0.5, 0.6) is 5.75 Å². The second-order valence-electron chi connectivity index (χ2n) is 12.3. The van der Waals surface area contributed by atoms with Crippen LogP contribution in [0.3, 0.4) is 0 Å². The first-order chi connectivity index (χ1) is 22.2. The van der Waals surface area contributed by atoms with Gasteiger partial charge >= 0.3 is 12.2 Å². The number of Topliss-reactive ketones (excluding diaryl/α,β-unsaturated/α-hetero) is 2. The maximum absolute atomic E-state index is 14.1.